The van der Waals surface area contributed by atoms with Gasteiger partial charge in [-0.05, 0) is 12.0 Å². The van der Waals surface area contributed by atoms with Gasteiger partial charge in [0.1, 0.15) is 6.04 Å². The summed E-state index contributed by atoms with van der Waals surface area (Å²) < 4.78 is 5.29. The monoisotopic (exact) mass is 291 g/mol. The molecule has 0 aromatic heterocycles. The molecular formula is C15H21N3O3. The van der Waals surface area contributed by atoms with Crippen molar-refractivity contribution in [2.45, 2.75) is 18.5 Å². The molecule has 1 aliphatic rings. The normalized spacial score (nSPS) is 19.9. The Morgan fingerprint density at radius 2 is 2.14 bits per heavy atom. The van der Waals surface area contributed by atoms with Gasteiger partial charge in [-0.15, -0.1) is 0 Å². The van der Waals surface area contributed by atoms with Crippen LogP contribution in [0, 0.1) is 0 Å². The van der Waals surface area contributed by atoms with Gasteiger partial charge in [0, 0.05) is 13.6 Å². The number of ether oxygens (including phenoxy) is 1. The second-order valence-electron chi connectivity index (χ2n) is 5.03. The van der Waals surface area contributed by atoms with E-state index in [9.17, 15) is 9.59 Å². The Balaban J connectivity index is 2.04. The van der Waals surface area contributed by atoms with Gasteiger partial charge in [0.15, 0.2) is 0 Å². The number of carbonyl (C=O) groups excluding carboxylic acids is 2. The van der Waals surface area contributed by atoms with E-state index in [1.54, 1.807) is 7.05 Å². The number of benzene rings is 1. The standard InChI is InChI=1S/C15H21N3O3/c1-17-14(19)13-10-21-8-7-18(13)15(20)12(16)9-11-5-3-2-4-6-11/h2-6,12-13H,7-10,16H2,1H3,(H,17,19)/t12-,13?/m1/s1. The Labute approximate surface area is 124 Å². The Hall–Kier alpha value is -1.92. The van der Waals surface area contributed by atoms with Crippen LogP contribution in [0.25, 0.3) is 0 Å². The minimum absolute atomic E-state index is 0.212. The molecule has 0 bridgehead atoms. The van der Waals surface area contributed by atoms with Crippen LogP contribution in [0.15, 0.2) is 30.3 Å². The molecule has 114 valence electrons. The quantitative estimate of drug-likeness (QED) is 0.785. The van der Waals surface area contributed by atoms with Crippen molar-refractivity contribution in [1.29, 1.82) is 0 Å². The lowest BCUT2D eigenvalue weighted by molar-refractivity contribution is -0.149. The van der Waals surface area contributed by atoms with Gasteiger partial charge in [-0.2, -0.15) is 0 Å². The van der Waals surface area contributed by atoms with Gasteiger partial charge in [-0.25, -0.2) is 0 Å². The first kappa shape index (κ1) is 15.5. The third kappa shape index (κ3) is 3.80. The maximum absolute atomic E-state index is 12.5. The second-order valence-corrected chi connectivity index (χ2v) is 5.03. The zero-order valence-corrected chi connectivity index (χ0v) is 12.1. The van der Waals surface area contributed by atoms with Crippen molar-refractivity contribution < 1.29 is 14.3 Å². The maximum Gasteiger partial charge on any atom is 0.244 e. The van der Waals surface area contributed by atoms with Crippen LogP contribution in [0.1, 0.15) is 5.56 Å². The van der Waals surface area contributed by atoms with E-state index in [0.29, 0.717) is 19.6 Å². The van der Waals surface area contributed by atoms with Crippen molar-refractivity contribution in [3.63, 3.8) is 0 Å². The summed E-state index contributed by atoms with van der Waals surface area (Å²) in [6.45, 7) is 1.03. The van der Waals surface area contributed by atoms with E-state index in [2.05, 4.69) is 5.32 Å². The molecule has 6 nitrogen and oxygen atoms in total. The minimum atomic E-state index is -0.655. The molecule has 2 amide bonds. The molecule has 1 heterocycles. The predicted octanol–water partition coefficient (Wildman–Crippen LogP) is -0.470. The van der Waals surface area contributed by atoms with Crippen LogP contribution in [-0.4, -0.2) is 55.6 Å². The molecule has 0 saturated carbocycles. The van der Waals surface area contributed by atoms with Gasteiger partial charge in [0.25, 0.3) is 0 Å². The number of hydrogen-bond acceptors (Lipinski definition) is 4. The summed E-state index contributed by atoms with van der Waals surface area (Å²) in [5.74, 6) is -0.439. The predicted molar refractivity (Wildman–Crippen MR) is 78.5 cm³/mol. The second kappa shape index (κ2) is 7.19. The van der Waals surface area contributed by atoms with Crippen LogP contribution in [0.2, 0.25) is 0 Å². The fraction of sp³-hybridized carbons (Fsp3) is 0.467. The number of carbonyl (C=O) groups is 2. The molecular weight excluding hydrogens is 270 g/mol. The first-order valence-corrected chi connectivity index (χ1v) is 7.03. The summed E-state index contributed by atoms with van der Waals surface area (Å²) in [4.78, 5) is 25.9. The lowest BCUT2D eigenvalue weighted by atomic mass is 10.0. The van der Waals surface area contributed by atoms with Gasteiger partial charge in [-0.3, -0.25) is 9.59 Å². The van der Waals surface area contributed by atoms with E-state index in [0.717, 1.165) is 5.56 Å². The van der Waals surface area contributed by atoms with E-state index in [-0.39, 0.29) is 18.4 Å². The Kier molecular flexibility index (Phi) is 5.30. The van der Waals surface area contributed by atoms with E-state index in [1.165, 1.54) is 4.90 Å². The smallest absolute Gasteiger partial charge is 0.244 e. The lowest BCUT2D eigenvalue weighted by Crippen LogP contribution is -2.59. The van der Waals surface area contributed by atoms with E-state index in [1.807, 2.05) is 30.3 Å². The number of hydrogen-bond donors (Lipinski definition) is 2. The molecule has 0 aliphatic carbocycles. The molecule has 2 rings (SSSR count). The first-order valence-electron chi connectivity index (χ1n) is 7.03. The number of morpholine rings is 1. The number of amides is 2. The first-order chi connectivity index (χ1) is 10.1. The molecule has 1 aromatic carbocycles. The molecule has 3 N–H and O–H groups in total. The van der Waals surface area contributed by atoms with Crippen LogP contribution in [0.5, 0.6) is 0 Å². The van der Waals surface area contributed by atoms with Crippen LogP contribution >= 0.6 is 0 Å². The summed E-state index contributed by atoms with van der Waals surface area (Å²) in [6, 6.07) is 8.35. The lowest BCUT2D eigenvalue weighted by Gasteiger charge is -2.35. The zero-order valence-electron chi connectivity index (χ0n) is 12.1. The van der Waals surface area contributed by atoms with Crippen molar-refractivity contribution >= 4 is 11.8 Å². The molecule has 0 spiro atoms. The number of rotatable bonds is 4. The zero-order chi connectivity index (χ0) is 15.2. The van der Waals surface area contributed by atoms with Gasteiger partial charge in [-0.1, -0.05) is 30.3 Å². The topological polar surface area (TPSA) is 84.7 Å². The number of likely N-dealkylation sites (N-methyl/N-ethyl adjacent to an activating group) is 1. The summed E-state index contributed by atoms with van der Waals surface area (Å²) >= 11 is 0. The molecule has 21 heavy (non-hydrogen) atoms. The summed E-state index contributed by atoms with van der Waals surface area (Å²) in [6.07, 6.45) is 0.456. The number of nitrogens with one attached hydrogen (secondary N) is 1. The van der Waals surface area contributed by atoms with Crippen LogP contribution in [0.3, 0.4) is 0 Å². The summed E-state index contributed by atoms with van der Waals surface area (Å²) in [5.41, 5.74) is 7.02. The maximum atomic E-state index is 12.5. The van der Waals surface area contributed by atoms with Crippen molar-refractivity contribution in [2.75, 3.05) is 26.8 Å². The highest BCUT2D eigenvalue weighted by atomic mass is 16.5. The van der Waals surface area contributed by atoms with E-state index < -0.39 is 12.1 Å². The molecule has 1 saturated heterocycles. The summed E-state index contributed by atoms with van der Waals surface area (Å²) in [7, 11) is 1.55. The summed E-state index contributed by atoms with van der Waals surface area (Å²) in [5, 5.41) is 2.55. The van der Waals surface area contributed by atoms with Crippen molar-refractivity contribution in [3.05, 3.63) is 35.9 Å². The van der Waals surface area contributed by atoms with E-state index in [4.69, 9.17) is 10.5 Å². The largest absolute Gasteiger partial charge is 0.377 e. The highest BCUT2D eigenvalue weighted by molar-refractivity contribution is 5.90. The Morgan fingerprint density at radius 3 is 2.81 bits per heavy atom. The fourth-order valence-electron chi connectivity index (χ4n) is 2.42. The molecule has 1 unspecified atom stereocenters. The number of nitrogens with two attached hydrogens (primary N) is 1. The highest BCUT2D eigenvalue weighted by Crippen LogP contribution is 2.11. The van der Waals surface area contributed by atoms with Crippen LogP contribution < -0.4 is 11.1 Å². The van der Waals surface area contributed by atoms with Gasteiger partial charge in [0.05, 0.1) is 19.3 Å². The van der Waals surface area contributed by atoms with Crippen molar-refractivity contribution in [2.24, 2.45) is 5.73 Å². The molecule has 1 aliphatic heterocycles. The SMILES string of the molecule is CNC(=O)C1COCCN1C(=O)[C@H](N)Cc1ccccc1. The third-order valence-electron chi connectivity index (χ3n) is 3.58. The van der Waals surface area contributed by atoms with E-state index >= 15 is 0 Å². The molecule has 2 atom stereocenters. The Morgan fingerprint density at radius 1 is 1.43 bits per heavy atom. The average Bonchev–Trinajstić information content (AvgIpc) is 2.54. The minimum Gasteiger partial charge on any atom is -0.377 e. The molecule has 6 heteroatoms. The van der Waals surface area contributed by atoms with Gasteiger partial charge >= 0.3 is 0 Å². The van der Waals surface area contributed by atoms with Crippen LogP contribution in [0.4, 0.5) is 0 Å². The van der Waals surface area contributed by atoms with Gasteiger partial charge < -0.3 is 20.7 Å². The van der Waals surface area contributed by atoms with Crippen molar-refractivity contribution in [3.8, 4) is 0 Å². The number of nitrogens with zero attached hydrogens (tertiary/aromatic N) is 1. The third-order valence-corrected chi connectivity index (χ3v) is 3.58. The average molecular weight is 291 g/mol. The molecule has 0 radical (unpaired) electrons. The fourth-order valence-corrected chi connectivity index (χ4v) is 2.42. The molecule has 1 aromatic rings. The van der Waals surface area contributed by atoms with Crippen molar-refractivity contribution in [1.82, 2.24) is 10.2 Å². The highest BCUT2D eigenvalue weighted by Gasteiger charge is 2.34. The molecule has 1 fully saturated rings. The Bertz CT molecular complexity index is 492. The van der Waals surface area contributed by atoms with Crippen LogP contribution in [-0.2, 0) is 20.7 Å². The van der Waals surface area contributed by atoms with Gasteiger partial charge in [0.2, 0.25) is 11.8 Å².